The summed E-state index contributed by atoms with van der Waals surface area (Å²) < 4.78 is 20.4. The smallest absolute Gasteiger partial charge is 0.126 e. The predicted octanol–water partition coefficient (Wildman–Crippen LogP) is 7.84. The van der Waals surface area contributed by atoms with Crippen molar-refractivity contribution < 1.29 is 9.13 Å². The lowest BCUT2D eigenvalue weighted by molar-refractivity contribution is -0.0205. The topological polar surface area (TPSA) is 9.23 Å². The molecule has 0 N–H and O–H groups in total. The third kappa shape index (κ3) is 5.18. The van der Waals surface area contributed by atoms with Gasteiger partial charge in [0.25, 0.3) is 0 Å². The van der Waals surface area contributed by atoms with Gasteiger partial charge in [-0.05, 0) is 131 Å². The second-order valence-electron chi connectivity index (χ2n) is 10.3. The highest BCUT2D eigenvalue weighted by Gasteiger charge is 2.39. The van der Waals surface area contributed by atoms with E-state index in [1.54, 1.807) is 0 Å². The van der Waals surface area contributed by atoms with Gasteiger partial charge in [0.15, 0.2) is 0 Å². The molecule has 3 fully saturated rings. The van der Waals surface area contributed by atoms with Crippen molar-refractivity contribution in [3.8, 4) is 0 Å². The number of ether oxygens (including phenoxy) is 1. The SMILES string of the molecule is C=CCCc1ccc(C2CCC(C3CCC4CC(OCC)CCC4C3)CC2)cc1F. The monoisotopic (exact) mass is 412 g/mol. The summed E-state index contributed by atoms with van der Waals surface area (Å²) in [6.45, 7) is 6.75. The molecule has 0 aliphatic heterocycles. The van der Waals surface area contributed by atoms with Crippen LogP contribution in [0.3, 0.4) is 0 Å². The van der Waals surface area contributed by atoms with Crippen LogP contribution < -0.4 is 0 Å². The lowest BCUT2D eigenvalue weighted by atomic mass is 9.62. The van der Waals surface area contributed by atoms with E-state index in [0.717, 1.165) is 48.7 Å². The average Bonchev–Trinajstić information content (AvgIpc) is 2.78. The molecule has 3 aliphatic rings. The summed E-state index contributed by atoms with van der Waals surface area (Å²) in [6.07, 6.45) is 17.5. The van der Waals surface area contributed by atoms with Crippen LogP contribution in [0.15, 0.2) is 30.9 Å². The van der Waals surface area contributed by atoms with Crippen LogP contribution in [-0.4, -0.2) is 12.7 Å². The van der Waals surface area contributed by atoms with Gasteiger partial charge in [-0.1, -0.05) is 18.2 Å². The number of fused-ring (bicyclic) bond motifs is 1. The number of benzene rings is 1. The summed E-state index contributed by atoms with van der Waals surface area (Å²) in [4.78, 5) is 0. The summed E-state index contributed by atoms with van der Waals surface area (Å²) in [5.74, 6) is 4.26. The van der Waals surface area contributed by atoms with E-state index < -0.39 is 0 Å². The summed E-state index contributed by atoms with van der Waals surface area (Å²) in [6, 6.07) is 6.03. The lowest BCUT2D eigenvalue weighted by Crippen LogP contribution is -2.36. The molecule has 0 amide bonds. The summed E-state index contributed by atoms with van der Waals surface area (Å²) in [5, 5.41) is 0. The molecule has 0 spiro atoms. The van der Waals surface area contributed by atoms with E-state index >= 15 is 0 Å². The van der Waals surface area contributed by atoms with E-state index in [1.165, 1.54) is 69.8 Å². The van der Waals surface area contributed by atoms with Gasteiger partial charge in [0, 0.05) is 6.61 Å². The highest BCUT2D eigenvalue weighted by Crippen LogP contribution is 2.49. The zero-order valence-electron chi connectivity index (χ0n) is 19.0. The third-order valence-electron chi connectivity index (χ3n) is 8.61. The first-order valence-corrected chi connectivity index (χ1v) is 12.7. The summed E-state index contributed by atoms with van der Waals surface area (Å²) >= 11 is 0. The molecule has 30 heavy (non-hydrogen) atoms. The van der Waals surface area contributed by atoms with E-state index in [9.17, 15) is 4.39 Å². The van der Waals surface area contributed by atoms with Crippen molar-refractivity contribution in [2.45, 2.75) is 96.0 Å². The minimum Gasteiger partial charge on any atom is -0.378 e. The van der Waals surface area contributed by atoms with Crippen LogP contribution in [0.25, 0.3) is 0 Å². The first-order chi connectivity index (χ1) is 14.7. The normalized spacial score (nSPS) is 34.3. The number of hydrogen-bond donors (Lipinski definition) is 0. The number of aryl methyl sites for hydroxylation is 1. The average molecular weight is 413 g/mol. The molecule has 4 rings (SSSR count). The third-order valence-corrected chi connectivity index (χ3v) is 8.61. The van der Waals surface area contributed by atoms with Gasteiger partial charge in [-0.3, -0.25) is 0 Å². The van der Waals surface area contributed by atoms with Gasteiger partial charge < -0.3 is 4.74 Å². The molecule has 0 radical (unpaired) electrons. The Kier molecular flexibility index (Phi) is 7.68. The zero-order chi connectivity index (χ0) is 20.9. The quantitative estimate of drug-likeness (QED) is 0.414. The van der Waals surface area contributed by atoms with Crippen molar-refractivity contribution in [3.05, 3.63) is 47.8 Å². The van der Waals surface area contributed by atoms with Crippen LogP contribution in [0.1, 0.15) is 94.6 Å². The van der Waals surface area contributed by atoms with E-state index in [4.69, 9.17) is 4.74 Å². The number of rotatable bonds is 7. The largest absolute Gasteiger partial charge is 0.378 e. The van der Waals surface area contributed by atoms with E-state index in [-0.39, 0.29) is 5.82 Å². The van der Waals surface area contributed by atoms with E-state index in [2.05, 4.69) is 19.6 Å². The predicted molar refractivity (Wildman–Crippen MR) is 123 cm³/mol. The van der Waals surface area contributed by atoms with Gasteiger partial charge in [-0.15, -0.1) is 6.58 Å². The molecule has 0 heterocycles. The molecular weight excluding hydrogens is 371 g/mol. The standard InChI is InChI=1S/C28H41FO/c1-3-5-6-22-11-12-26(19-28(22)29)21-9-7-20(8-10-21)23-13-14-25-18-27(30-4-2)16-15-24(25)17-23/h3,11-12,19-21,23-25,27H,1,4-10,13-18H2,2H3. The molecule has 0 saturated heterocycles. The molecule has 4 atom stereocenters. The van der Waals surface area contributed by atoms with Crippen molar-refractivity contribution in [2.24, 2.45) is 23.7 Å². The highest BCUT2D eigenvalue weighted by molar-refractivity contribution is 5.27. The van der Waals surface area contributed by atoms with Crippen LogP contribution >= 0.6 is 0 Å². The highest BCUT2D eigenvalue weighted by atomic mass is 19.1. The van der Waals surface area contributed by atoms with Crippen LogP contribution in [-0.2, 0) is 11.2 Å². The van der Waals surface area contributed by atoms with Crippen LogP contribution in [0.4, 0.5) is 4.39 Å². The fraction of sp³-hybridized carbons (Fsp3) is 0.714. The summed E-state index contributed by atoms with van der Waals surface area (Å²) in [5.41, 5.74) is 2.06. The number of halogens is 1. The number of hydrogen-bond acceptors (Lipinski definition) is 1. The van der Waals surface area contributed by atoms with Crippen molar-refractivity contribution >= 4 is 0 Å². The van der Waals surface area contributed by atoms with E-state index in [1.807, 2.05) is 18.2 Å². The fourth-order valence-corrected chi connectivity index (χ4v) is 6.90. The maximum atomic E-state index is 14.5. The molecule has 3 saturated carbocycles. The molecule has 1 aromatic carbocycles. The molecule has 2 heteroatoms. The van der Waals surface area contributed by atoms with Gasteiger partial charge in [-0.2, -0.15) is 0 Å². The Morgan fingerprint density at radius 1 is 0.933 bits per heavy atom. The Morgan fingerprint density at radius 3 is 2.30 bits per heavy atom. The lowest BCUT2D eigenvalue weighted by Gasteiger charge is -2.45. The van der Waals surface area contributed by atoms with Crippen molar-refractivity contribution in [2.75, 3.05) is 6.61 Å². The van der Waals surface area contributed by atoms with Crippen LogP contribution in [0, 0.1) is 29.5 Å². The maximum Gasteiger partial charge on any atom is 0.126 e. The Balaban J connectivity index is 1.27. The fourth-order valence-electron chi connectivity index (χ4n) is 6.90. The number of allylic oxidation sites excluding steroid dienone is 1. The van der Waals surface area contributed by atoms with Crippen molar-refractivity contribution in [1.29, 1.82) is 0 Å². The summed E-state index contributed by atoms with van der Waals surface area (Å²) in [7, 11) is 0. The minimum absolute atomic E-state index is 0.0162. The maximum absolute atomic E-state index is 14.5. The Bertz CT molecular complexity index is 690. The second-order valence-corrected chi connectivity index (χ2v) is 10.3. The first kappa shape index (κ1) is 22.1. The van der Waals surface area contributed by atoms with Crippen molar-refractivity contribution in [1.82, 2.24) is 0 Å². The molecule has 0 bridgehead atoms. The molecule has 1 aromatic rings. The van der Waals surface area contributed by atoms with Gasteiger partial charge in [0.05, 0.1) is 6.10 Å². The Hall–Kier alpha value is -1.15. The van der Waals surface area contributed by atoms with Gasteiger partial charge in [-0.25, -0.2) is 4.39 Å². The van der Waals surface area contributed by atoms with Gasteiger partial charge in [0.2, 0.25) is 0 Å². The molecule has 166 valence electrons. The van der Waals surface area contributed by atoms with Crippen molar-refractivity contribution in [3.63, 3.8) is 0 Å². The van der Waals surface area contributed by atoms with Gasteiger partial charge >= 0.3 is 0 Å². The van der Waals surface area contributed by atoms with Crippen LogP contribution in [0.5, 0.6) is 0 Å². The molecule has 0 aromatic heterocycles. The van der Waals surface area contributed by atoms with Crippen LogP contribution in [0.2, 0.25) is 0 Å². The van der Waals surface area contributed by atoms with Gasteiger partial charge in [0.1, 0.15) is 5.82 Å². The Morgan fingerprint density at radius 2 is 1.60 bits per heavy atom. The first-order valence-electron chi connectivity index (χ1n) is 12.7. The molecular formula is C28H41FO. The molecule has 1 nitrogen and oxygen atoms in total. The second kappa shape index (κ2) is 10.4. The Labute approximate surface area is 183 Å². The molecule has 3 aliphatic carbocycles. The minimum atomic E-state index is -0.0162. The zero-order valence-corrected chi connectivity index (χ0v) is 19.0. The molecule has 4 unspecified atom stereocenters. The van der Waals surface area contributed by atoms with E-state index in [0.29, 0.717) is 12.0 Å².